The molecule has 84 valence electrons. The number of nitrogens with zero attached hydrogens (tertiary/aromatic N) is 2. The molecule has 1 heterocycles. The molecule has 0 spiro atoms. The third-order valence-corrected chi connectivity index (χ3v) is 3.17. The number of aromatic nitrogens is 1. The second-order valence-electron chi connectivity index (χ2n) is 4.40. The number of anilines is 1. The summed E-state index contributed by atoms with van der Waals surface area (Å²) >= 11 is 3.53. The lowest BCUT2D eigenvalue weighted by atomic mass is 10.0. The van der Waals surface area contributed by atoms with Gasteiger partial charge in [0.25, 0.3) is 0 Å². The molecule has 0 aliphatic carbocycles. The van der Waals surface area contributed by atoms with E-state index in [1.165, 1.54) is 6.42 Å². The largest absolute Gasteiger partial charge is 0.356 e. The molecule has 1 unspecified atom stereocenters. The Balaban J connectivity index is 2.76. The molecule has 0 aliphatic heterocycles. The molecule has 0 saturated carbocycles. The van der Waals surface area contributed by atoms with Crippen molar-refractivity contribution < 1.29 is 0 Å². The lowest BCUT2D eigenvalue weighted by Gasteiger charge is -2.28. The molecule has 0 N–H and O–H groups in total. The Kier molecular flexibility index (Phi) is 4.58. The fourth-order valence-corrected chi connectivity index (χ4v) is 2.22. The van der Waals surface area contributed by atoms with Gasteiger partial charge in [-0.05, 0) is 47.3 Å². The zero-order valence-corrected chi connectivity index (χ0v) is 11.5. The minimum atomic E-state index is 0.510. The van der Waals surface area contributed by atoms with E-state index in [0.717, 1.165) is 10.3 Å². The summed E-state index contributed by atoms with van der Waals surface area (Å²) in [6, 6.07) is 4.48. The lowest BCUT2D eigenvalue weighted by Crippen LogP contribution is -2.30. The van der Waals surface area contributed by atoms with Crippen LogP contribution >= 0.6 is 15.9 Å². The van der Waals surface area contributed by atoms with E-state index in [4.69, 9.17) is 0 Å². The Hall–Kier alpha value is -0.570. The Bertz CT molecular complexity index is 312. The van der Waals surface area contributed by atoms with Gasteiger partial charge in [0.15, 0.2) is 0 Å². The van der Waals surface area contributed by atoms with Crippen LogP contribution in [0.5, 0.6) is 0 Å². The third-order valence-electron chi connectivity index (χ3n) is 2.55. The second-order valence-corrected chi connectivity index (χ2v) is 5.25. The standard InChI is InChI=1S/C12H19BrN2/c1-9(2)8-10(3)15(4)12-11(13)6-5-7-14-12/h5-7,9-10H,8H2,1-4H3. The van der Waals surface area contributed by atoms with Crippen LogP contribution in [0.15, 0.2) is 22.8 Å². The number of hydrogen-bond donors (Lipinski definition) is 0. The van der Waals surface area contributed by atoms with Crippen LogP contribution in [0.1, 0.15) is 27.2 Å². The maximum Gasteiger partial charge on any atom is 0.142 e. The smallest absolute Gasteiger partial charge is 0.142 e. The first-order valence-electron chi connectivity index (χ1n) is 5.35. The molecule has 3 heteroatoms. The third kappa shape index (κ3) is 3.49. The summed E-state index contributed by atoms with van der Waals surface area (Å²) in [5.74, 6) is 1.73. The molecule has 1 rings (SSSR count). The molecule has 1 atom stereocenters. The highest BCUT2D eigenvalue weighted by molar-refractivity contribution is 9.10. The minimum Gasteiger partial charge on any atom is -0.356 e. The Morgan fingerprint density at radius 1 is 1.40 bits per heavy atom. The van der Waals surface area contributed by atoms with Crippen LogP contribution in [0.3, 0.4) is 0 Å². The summed E-state index contributed by atoms with van der Waals surface area (Å²) < 4.78 is 1.06. The topological polar surface area (TPSA) is 16.1 Å². The van der Waals surface area contributed by atoms with Crippen molar-refractivity contribution in [2.75, 3.05) is 11.9 Å². The van der Waals surface area contributed by atoms with Gasteiger partial charge in [0.05, 0.1) is 4.47 Å². The Labute approximate surface area is 101 Å². The average molecular weight is 271 g/mol. The van der Waals surface area contributed by atoms with Crippen LogP contribution < -0.4 is 4.90 Å². The van der Waals surface area contributed by atoms with Gasteiger partial charge in [-0.15, -0.1) is 0 Å². The van der Waals surface area contributed by atoms with E-state index in [9.17, 15) is 0 Å². The summed E-state index contributed by atoms with van der Waals surface area (Å²) in [7, 11) is 2.10. The molecule has 15 heavy (non-hydrogen) atoms. The van der Waals surface area contributed by atoms with E-state index in [2.05, 4.69) is 53.6 Å². The van der Waals surface area contributed by atoms with Crippen molar-refractivity contribution in [2.45, 2.75) is 33.2 Å². The predicted octanol–water partition coefficient (Wildman–Crippen LogP) is 3.71. The van der Waals surface area contributed by atoms with Gasteiger partial charge in [-0.1, -0.05) is 13.8 Å². The zero-order valence-electron chi connectivity index (χ0n) is 9.87. The molecular formula is C12H19BrN2. The summed E-state index contributed by atoms with van der Waals surface area (Å²) in [4.78, 5) is 6.61. The first-order valence-corrected chi connectivity index (χ1v) is 6.15. The molecular weight excluding hydrogens is 252 g/mol. The highest BCUT2D eigenvalue weighted by atomic mass is 79.9. The van der Waals surface area contributed by atoms with Crippen LogP contribution in [-0.4, -0.2) is 18.1 Å². The summed E-state index contributed by atoms with van der Waals surface area (Å²) in [6.45, 7) is 6.73. The minimum absolute atomic E-state index is 0.510. The molecule has 1 aromatic rings. The van der Waals surface area contributed by atoms with Crippen molar-refractivity contribution in [2.24, 2.45) is 5.92 Å². The quantitative estimate of drug-likeness (QED) is 0.829. The molecule has 0 fully saturated rings. The van der Waals surface area contributed by atoms with Crippen molar-refractivity contribution in [3.8, 4) is 0 Å². The maximum absolute atomic E-state index is 4.39. The van der Waals surface area contributed by atoms with Crippen molar-refractivity contribution in [3.05, 3.63) is 22.8 Å². The Morgan fingerprint density at radius 2 is 2.07 bits per heavy atom. The van der Waals surface area contributed by atoms with E-state index in [0.29, 0.717) is 12.0 Å². The number of halogens is 1. The molecule has 0 aromatic carbocycles. The molecule has 2 nitrogen and oxygen atoms in total. The van der Waals surface area contributed by atoms with Crippen LogP contribution in [-0.2, 0) is 0 Å². The fraction of sp³-hybridized carbons (Fsp3) is 0.583. The summed E-state index contributed by atoms with van der Waals surface area (Å²) in [6.07, 6.45) is 3.01. The maximum atomic E-state index is 4.39. The van der Waals surface area contributed by atoms with E-state index in [1.807, 2.05) is 18.3 Å². The van der Waals surface area contributed by atoms with E-state index in [-0.39, 0.29) is 0 Å². The summed E-state index contributed by atoms with van der Waals surface area (Å²) in [5.41, 5.74) is 0. The average Bonchev–Trinajstić information content (AvgIpc) is 2.16. The molecule has 0 aliphatic rings. The fourth-order valence-electron chi connectivity index (χ4n) is 1.69. The van der Waals surface area contributed by atoms with Crippen molar-refractivity contribution >= 4 is 21.7 Å². The first-order chi connectivity index (χ1) is 7.02. The van der Waals surface area contributed by atoms with Gasteiger partial charge in [0.2, 0.25) is 0 Å². The van der Waals surface area contributed by atoms with Gasteiger partial charge < -0.3 is 4.90 Å². The van der Waals surface area contributed by atoms with Crippen molar-refractivity contribution in [1.29, 1.82) is 0 Å². The van der Waals surface area contributed by atoms with E-state index < -0.39 is 0 Å². The van der Waals surface area contributed by atoms with Crippen molar-refractivity contribution in [3.63, 3.8) is 0 Å². The van der Waals surface area contributed by atoms with Crippen LogP contribution in [0, 0.1) is 5.92 Å². The SMILES string of the molecule is CC(C)CC(C)N(C)c1ncccc1Br. The van der Waals surface area contributed by atoms with Gasteiger partial charge in [-0.2, -0.15) is 0 Å². The lowest BCUT2D eigenvalue weighted by molar-refractivity contribution is 0.502. The van der Waals surface area contributed by atoms with Crippen LogP contribution in [0.4, 0.5) is 5.82 Å². The second kappa shape index (κ2) is 5.50. The molecule has 0 radical (unpaired) electrons. The predicted molar refractivity (Wildman–Crippen MR) is 69.3 cm³/mol. The number of hydrogen-bond acceptors (Lipinski definition) is 2. The van der Waals surface area contributed by atoms with Crippen LogP contribution in [0.25, 0.3) is 0 Å². The number of pyridine rings is 1. The normalized spacial score (nSPS) is 12.9. The van der Waals surface area contributed by atoms with Crippen LogP contribution in [0.2, 0.25) is 0 Å². The van der Waals surface area contributed by atoms with Gasteiger partial charge in [-0.25, -0.2) is 4.98 Å². The van der Waals surface area contributed by atoms with Crippen molar-refractivity contribution in [1.82, 2.24) is 4.98 Å². The number of rotatable bonds is 4. The molecule has 0 amide bonds. The Morgan fingerprint density at radius 3 is 2.60 bits per heavy atom. The monoisotopic (exact) mass is 270 g/mol. The van der Waals surface area contributed by atoms with Gasteiger partial charge >= 0.3 is 0 Å². The highest BCUT2D eigenvalue weighted by Gasteiger charge is 2.14. The molecule has 1 aromatic heterocycles. The highest BCUT2D eigenvalue weighted by Crippen LogP contribution is 2.24. The first kappa shape index (κ1) is 12.5. The van der Waals surface area contributed by atoms with Gasteiger partial charge in [-0.3, -0.25) is 0 Å². The van der Waals surface area contributed by atoms with E-state index >= 15 is 0 Å². The summed E-state index contributed by atoms with van der Waals surface area (Å²) in [5, 5.41) is 0. The molecule has 0 bridgehead atoms. The van der Waals surface area contributed by atoms with Gasteiger partial charge in [0, 0.05) is 19.3 Å². The van der Waals surface area contributed by atoms with Gasteiger partial charge in [0.1, 0.15) is 5.82 Å². The molecule has 0 saturated heterocycles. The zero-order chi connectivity index (χ0) is 11.4. The van der Waals surface area contributed by atoms with E-state index in [1.54, 1.807) is 0 Å².